The molecule has 1 N–H and O–H groups in total. The maximum Gasteiger partial charge on any atom is 0.277 e. The van der Waals surface area contributed by atoms with Gasteiger partial charge in [-0.1, -0.05) is 19.3 Å². The molecule has 7 heteroatoms. The van der Waals surface area contributed by atoms with Crippen molar-refractivity contribution in [2.45, 2.75) is 82.7 Å². The summed E-state index contributed by atoms with van der Waals surface area (Å²) in [6, 6.07) is 2.68. The number of H-pyrrole nitrogens is 1. The van der Waals surface area contributed by atoms with E-state index in [1.807, 2.05) is 6.07 Å². The lowest BCUT2D eigenvalue weighted by atomic mass is 9.83. The quantitative estimate of drug-likeness (QED) is 0.824. The van der Waals surface area contributed by atoms with E-state index in [4.69, 9.17) is 4.98 Å². The topological polar surface area (TPSA) is 73.7 Å². The smallest absolute Gasteiger partial charge is 0.277 e. The first-order valence-electron chi connectivity index (χ1n) is 12.3. The molecule has 7 nitrogen and oxygen atoms in total. The zero-order valence-electron chi connectivity index (χ0n) is 18.3. The van der Waals surface area contributed by atoms with Crippen LogP contribution in [0.15, 0.2) is 10.9 Å². The van der Waals surface area contributed by atoms with Gasteiger partial charge in [0.1, 0.15) is 0 Å². The third-order valence-electron chi connectivity index (χ3n) is 8.28. The Morgan fingerprint density at radius 3 is 2.65 bits per heavy atom. The zero-order chi connectivity index (χ0) is 20.9. The van der Waals surface area contributed by atoms with Crippen LogP contribution in [0.1, 0.15) is 80.7 Å². The summed E-state index contributed by atoms with van der Waals surface area (Å²) in [5.74, 6) is 0.844. The maximum atomic E-state index is 13.3. The standard InChI is InChI=1S/C24H33N5O2/c30-23(16-5-3-6-16)28-11-4-7-17(14-28)21-13-22-25-20-10-12-27(18-8-1-2-9-18)15-19(20)24(31)29(22)26-21/h13,16-18,26H,1-12,14-15H2/t17-/m0/s1. The molecule has 3 fully saturated rings. The number of fused-ring (bicyclic) bond motifs is 2. The van der Waals surface area contributed by atoms with Crippen LogP contribution in [0.4, 0.5) is 0 Å². The normalized spacial score (nSPS) is 25.7. The van der Waals surface area contributed by atoms with Gasteiger partial charge in [-0.3, -0.25) is 19.6 Å². The molecule has 0 unspecified atom stereocenters. The van der Waals surface area contributed by atoms with Crippen molar-refractivity contribution < 1.29 is 4.79 Å². The van der Waals surface area contributed by atoms with E-state index in [2.05, 4.69) is 14.9 Å². The van der Waals surface area contributed by atoms with Crippen LogP contribution in [0.5, 0.6) is 0 Å². The van der Waals surface area contributed by atoms with Gasteiger partial charge >= 0.3 is 0 Å². The largest absolute Gasteiger partial charge is 0.342 e. The summed E-state index contributed by atoms with van der Waals surface area (Å²) in [6.45, 7) is 3.37. The summed E-state index contributed by atoms with van der Waals surface area (Å²) < 4.78 is 1.65. The number of amides is 1. The second-order valence-corrected chi connectivity index (χ2v) is 10.2. The third-order valence-corrected chi connectivity index (χ3v) is 8.28. The number of rotatable bonds is 3. The lowest BCUT2D eigenvalue weighted by molar-refractivity contribution is -0.139. The Morgan fingerprint density at radius 1 is 1.03 bits per heavy atom. The highest BCUT2D eigenvalue weighted by Gasteiger charge is 2.34. The second kappa shape index (κ2) is 7.76. The number of likely N-dealkylation sites (tertiary alicyclic amines) is 1. The van der Waals surface area contributed by atoms with E-state index in [-0.39, 0.29) is 17.4 Å². The Bertz CT molecular complexity index is 1050. The van der Waals surface area contributed by atoms with Crippen LogP contribution < -0.4 is 5.56 Å². The van der Waals surface area contributed by atoms with E-state index >= 15 is 0 Å². The molecule has 2 aromatic rings. The summed E-state index contributed by atoms with van der Waals surface area (Å²) in [7, 11) is 0. The van der Waals surface area contributed by atoms with Crippen molar-refractivity contribution in [1.82, 2.24) is 24.4 Å². The number of carbonyl (C=O) groups is 1. The number of hydrogen-bond donors (Lipinski definition) is 1. The van der Waals surface area contributed by atoms with Crippen molar-refractivity contribution in [3.8, 4) is 0 Å². The van der Waals surface area contributed by atoms with Gasteiger partial charge in [0.25, 0.3) is 5.56 Å². The van der Waals surface area contributed by atoms with Crippen molar-refractivity contribution in [3.63, 3.8) is 0 Å². The minimum atomic E-state index is 0.0622. The maximum absolute atomic E-state index is 13.3. The Morgan fingerprint density at radius 2 is 1.87 bits per heavy atom. The summed E-state index contributed by atoms with van der Waals surface area (Å²) >= 11 is 0. The number of hydrogen-bond acceptors (Lipinski definition) is 4. The lowest BCUT2D eigenvalue weighted by Crippen LogP contribution is -2.44. The van der Waals surface area contributed by atoms with E-state index in [0.717, 1.165) is 80.9 Å². The summed E-state index contributed by atoms with van der Waals surface area (Å²) in [5.41, 5.74) is 3.69. The first kappa shape index (κ1) is 19.5. The van der Waals surface area contributed by atoms with Gasteiger partial charge in [0.15, 0.2) is 5.65 Å². The Kier molecular flexibility index (Phi) is 4.89. The minimum absolute atomic E-state index is 0.0622. The Balaban J connectivity index is 1.26. The van der Waals surface area contributed by atoms with Crippen molar-refractivity contribution in [2.24, 2.45) is 5.92 Å². The molecule has 2 aliphatic heterocycles. The molecule has 31 heavy (non-hydrogen) atoms. The van der Waals surface area contributed by atoms with E-state index < -0.39 is 0 Å². The van der Waals surface area contributed by atoms with Gasteiger partial charge in [-0.05, 0) is 38.5 Å². The van der Waals surface area contributed by atoms with Gasteiger partial charge in [0, 0.05) is 62.2 Å². The molecule has 0 spiro atoms. The van der Waals surface area contributed by atoms with E-state index in [0.29, 0.717) is 11.9 Å². The molecule has 6 rings (SSSR count). The molecule has 2 aromatic heterocycles. The van der Waals surface area contributed by atoms with Crippen molar-refractivity contribution in [3.05, 3.63) is 33.4 Å². The van der Waals surface area contributed by atoms with Gasteiger partial charge in [-0.2, -0.15) is 0 Å². The fraction of sp³-hybridized carbons (Fsp3) is 0.708. The fourth-order valence-electron chi connectivity index (χ4n) is 6.16. The van der Waals surface area contributed by atoms with E-state index in [9.17, 15) is 9.59 Å². The molecule has 0 radical (unpaired) electrons. The summed E-state index contributed by atoms with van der Waals surface area (Å²) in [6.07, 6.45) is 11.4. The van der Waals surface area contributed by atoms with Gasteiger partial charge in [-0.25, -0.2) is 9.50 Å². The van der Waals surface area contributed by atoms with E-state index in [1.165, 1.54) is 32.1 Å². The molecule has 1 atom stereocenters. The number of aromatic nitrogens is 3. The lowest BCUT2D eigenvalue weighted by Gasteiger charge is -2.37. The molecule has 0 aromatic carbocycles. The molecular weight excluding hydrogens is 390 g/mol. The molecule has 2 saturated carbocycles. The molecule has 0 bridgehead atoms. The van der Waals surface area contributed by atoms with Crippen molar-refractivity contribution in [2.75, 3.05) is 19.6 Å². The molecule has 1 saturated heterocycles. The van der Waals surface area contributed by atoms with Crippen LogP contribution in [0.2, 0.25) is 0 Å². The van der Waals surface area contributed by atoms with Crippen LogP contribution in [0.25, 0.3) is 5.65 Å². The molecule has 2 aliphatic carbocycles. The van der Waals surface area contributed by atoms with Gasteiger partial charge in [0.2, 0.25) is 5.91 Å². The number of nitrogens with one attached hydrogen (secondary N) is 1. The zero-order valence-corrected chi connectivity index (χ0v) is 18.3. The van der Waals surface area contributed by atoms with Crippen LogP contribution >= 0.6 is 0 Å². The Labute approximate surface area is 182 Å². The van der Waals surface area contributed by atoms with Gasteiger partial charge in [-0.15, -0.1) is 0 Å². The van der Waals surface area contributed by atoms with Gasteiger partial charge in [0.05, 0.1) is 11.3 Å². The predicted molar refractivity (Wildman–Crippen MR) is 118 cm³/mol. The molecule has 166 valence electrons. The van der Waals surface area contributed by atoms with Gasteiger partial charge < -0.3 is 4.90 Å². The highest BCUT2D eigenvalue weighted by atomic mass is 16.2. The summed E-state index contributed by atoms with van der Waals surface area (Å²) in [4.78, 5) is 35.5. The monoisotopic (exact) mass is 423 g/mol. The molecule has 1 amide bonds. The molecule has 4 aliphatic rings. The molecule has 4 heterocycles. The van der Waals surface area contributed by atoms with Crippen molar-refractivity contribution in [1.29, 1.82) is 0 Å². The fourth-order valence-corrected chi connectivity index (χ4v) is 6.16. The van der Waals surface area contributed by atoms with Crippen molar-refractivity contribution >= 4 is 11.6 Å². The number of carbonyl (C=O) groups excluding carboxylic acids is 1. The second-order valence-electron chi connectivity index (χ2n) is 10.2. The minimum Gasteiger partial charge on any atom is -0.342 e. The number of nitrogens with zero attached hydrogens (tertiary/aromatic N) is 4. The first-order valence-corrected chi connectivity index (χ1v) is 12.3. The average Bonchev–Trinajstić information content (AvgIpc) is 3.43. The van der Waals surface area contributed by atoms with Crippen LogP contribution in [0, 0.1) is 5.92 Å². The highest BCUT2D eigenvalue weighted by molar-refractivity contribution is 5.79. The predicted octanol–water partition coefficient (Wildman–Crippen LogP) is 2.83. The van der Waals surface area contributed by atoms with E-state index in [1.54, 1.807) is 4.52 Å². The number of piperidine rings is 1. The Hall–Kier alpha value is -2.15. The van der Waals surface area contributed by atoms with Crippen LogP contribution in [-0.2, 0) is 17.8 Å². The van der Waals surface area contributed by atoms with Crippen LogP contribution in [0.3, 0.4) is 0 Å². The average molecular weight is 424 g/mol. The first-order chi connectivity index (χ1) is 15.2. The molecular formula is C24H33N5O2. The highest BCUT2D eigenvalue weighted by Crippen LogP contribution is 2.33. The SMILES string of the molecule is O=C(C1CCC1)N1CCC[C@H](c2cc3nc4c(c(=O)n3[nH]2)CN(C2CCCC2)CC4)C1. The van der Waals surface area contributed by atoms with Crippen LogP contribution in [-0.4, -0.2) is 56.0 Å². The number of aromatic amines is 1. The summed E-state index contributed by atoms with van der Waals surface area (Å²) in [5, 5.41) is 3.37. The third kappa shape index (κ3) is 3.41.